The molecule has 1 aliphatic carbocycles. The van der Waals surface area contributed by atoms with Crippen LogP contribution in [0.15, 0.2) is 22.8 Å². The van der Waals surface area contributed by atoms with E-state index in [0.29, 0.717) is 12.5 Å². The number of benzene rings is 1. The summed E-state index contributed by atoms with van der Waals surface area (Å²) in [6.07, 6.45) is 7.98. The Morgan fingerprint density at radius 1 is 1.30 bits per heavy atom. The predicted octanol–water partition coefficient (Wildman–Crippen LogP) is 2.67. The third-order valence-electron chi connectivity index (χ3n) is 5.35. The van der Waals surface area contributed by atoms with E-state index in [1.165, 1.54) is 17.5 Å². The van der Waals surface area contributed by atoms with E-state index in [1.54, 1.807) is 6.26 Å². The second-order valence-electron chi connectivity index (χ2n) is 6.85. The van der Waals surface area contributed by atoms with Crippen LogP contribution < -0.4 is 5.32 Å². The fourth-order valence-corrected chi connectivity index (χ4v) is 4.16. The molecule has 1 atom stereocenters. The maximum absolute atomic E-state index is 12.7. The maximum Gasteiger partial charge on any atom is 0.227 e. The molecule has 1 aromatic heterocycles. The number of rotatable bonds is 4. The normalized spacial score (nSPS) is 20.4. The number of likely N-dealkylation sites (N-methyl/N-ethyl adjacent to an activating group) is 1. The standard InChI is InChI=1S/C19H24N2O2/c1-20-11-16-6-3-7-21(16)19(22)10-15-12-23-18-9-14-5-2-4-13(14)8-17(15)18/h8-9,12,16,20H,2-7,10-11H2,1H3. The van der Waals surface area contributed by atoms with Gasteiger partial charge >= 0.3 is 0 Å². The van der Waals surface area contributed by atoms with E-state index in [-0.39, 0.29) is 5.91 Å². The molecule has 0 bridgehead atoms. The second-order valence-corrected chi connectivity index (χ2v) is 6.85. The van der Waals surface area contributed by atoms with E-state index in [2.05, 4.69) is 17.4 Å². The third kappa shape index (κ3) is 2.65. The van der Waals surface area contributed by atoms with Crippen LogP contribution in [0.4, 0.5) is 0 Å². The van der Waals surface area contributed by atoms with Crippen LogP contribution >= 0.6 is 0 Å². The van der Waals surface area contributed by atoms with Crippen molar-refractivity contribution in [1.29, 1.82) is 0 Å². The van der Waals surface area contributed by atoms with Crippen molar-refractivity contribution in [2.75, 3.05) is 20.1 Å². The van der Waals surface area contributed by atoms with Crippen LogP contribution in [-0.2, 0) is 24.1 Å². The van der Waals surface area contributed by atoms with E-state index in [9.17, 15) is 4.79 Å². The van der Waals surface area contributed by atoms with Gasteiger partial charge < -0.3 is 14.6 Å². The van der Waals surface area contributed by atoms with Gasteiger partial charge in [0.15, 0.2) is 0 Å². The van der Waals surface area contributed by atoms with Gasteiger partial charge in [-0.2, -0.15) is 0 Å². The van der Waals surface area contributed by atoms with Crippen molar-refractivity contribution in [3.8, 4) is 0 Å². The lowest BCUT2D eigenvalue weighted by atomic mass is 10.0. The number of amides is 1. The Labute approximate surface area is 136 Å². The summed E-state index contributed by atoms with van der Waals surface area (Å²) in [6, 6.07) is 4.76. The largest absolute Gasteiger partial charge is 0.464 e. The highest BCUT2D eigenvalue weighted by atomic mass is 16.3. The van der Waals surface area contributed by atoms with Gasteiger partial charge in [-0.25, -0.2) is 0 Å². The summed E-state index contributed by atoms with van der Waals surface area (Å²) in [5, 5.41) is 4.33. The zero-order valence-corrected chi connectivity index (χ0v) is 13.7. The zero-order chi connectivity index (χ0) is 15.8. The lowest BCUT2D eigenvalue weighted by Gasteiger charge is -2.24. The third-order valence-corrected chi connectivity index (χ3v) is 5.35. The molecule has 2 heterocycles. The number of fused-ring (bicyclic) bond motifs is 2. The van der Waals surface area contributed by atoms with Crippen molar-refractivity contribution in [2.45, 2.75) is 44.6 Å². The van der Waals surface area contributed by atoms with E-state index >= 15 is 0 Å². The highest BCUT2D eigenvalue weighted by Crippen LogP contribution is 2.31. The van der Waals surface area contributed by atoms with E-state index < -0.39 is 0 Å². The number of likely N-dealkylation sites (tertiary alicyclic amines) is 1. The van der Waals surface area contributed by atoms with Gasteiger partial charge in [-0.3, -0.25) is 4.79 Å². The van der Waals surface area contributed by atoms with Gasteiger partial charge in [0.1, 0.15) is 5.58 Å². The summed E-state index contributed by atoms with van der Waals surface area (Å²) in [6.45, 7) is 1.77. The molecule has 0 spiro atoms. The van der Waals surface area contributed by atoms with Gasteiger partial charge in [0.05, 0.1) is 12.7 Å². The van der Waals surface area contributed by atoms with Crippen molar-refractivity contribution in [3.63, 3.8) is 0 Å². The zero-order valence-electron chi connectivity index (χ0n) is 13.7. The highest BCUT2D eigenvalue weighted by molar-refractivity contribution is 5.89. The molecule has 0 saturated carbocycles. The van der Waals surface area contributed by atoms with E-state index in [4.69, 9.17) is 4.42 Å². The van der Waals surface area contributed by atoms with Crippen LogP contribution in [0.25, 0.3) is 11.0 Å². The van der Waals surface area contributed by atoms with Crippen molar-refractivity contribution in [2.24, 2.45) is 0 Å². The summed E-state index contributed by atoms with van der Waals surface area (Å²) < 4.78 is 5.73. The van der Waals surface area contributed by atoms with E-state index in [1.807, 2.05) is 11.9 Å². The first-order valence-electron chi connectivity index (χ1n) is 8.72. The fraction of sp³-hybridized carbons (Fsp3) is 0.526. The molecule has 23 heavy (non-hydrogen) atoms. The summed E-state index contributed by atoms with van der Waals surface area (Å²) in [7, 11) is 1.95. The molecule has 1 saturated heterocycles. The second kappa shape index (κ2) is 6.00. The molecule has 4 nitrogen and oxygen atoms in total. The van der Waals surface area contributed by atoms with Crippen LogP contribution in [0.3, 0.4) is 0 Å². The first-order chi connectivity index (χ1) is 11.3. The quantitative estimate of drug-likeness (QED) is 0.944. The fourth-order valence-electron chi connectivity index (χ4n) is 4.16. The predicted molar refractivity (Wildman–Crippen MR) is 90.6 cm³/mol. The van der Waals surface area contributed by atoms with Crippen LogP contribution in [0.2, 0.25) is 0 Å². The molecular formula is C19H24N2O2. The van der Waals surface area contributed by atoms with Gasteiger partial charge in [0.25, 0.3) is 0 Å². The number of nitrogens with one attached hydrogen (secondary N) is 1. The average Bonchev–Trinajstić information content (AvgIpc) is 3.25. The van der Waals surface area contributed by atoms with Gasteiger partial charge in [-0.05, 0) is 62.4 Å². The monoisotopic (exact) mass is 312 g/mol. The van der Waals surface area contributed by atoms with E-state index in [0.717, 1.165) is 55.3 Å². The molecule has 122 valence electrons. The summed E-state index contributed by atoms with van der Waals surface area (Å²) in [5.41, 5.74) is 4.82. The van der Waals surface area contributed by atoms with Crippen LogP contribution in [0.5, 0.6) is 0 Å². The lowest BCUT2D eigenvalue weighted by Crippen LogP contribution is -2.41. The van der Waals surface area contributed by atoms with Crippen molar-refractivity contribution in [1.82, 2.24) is 10.2 Å². The van der Waals surface area contributed by atoms with Crippen molar-refractivity contribution in [3.05, 3.63) is 35.1 Å². The molecule has 1 unspecified atom stereocenters. The number of hydrogen-bond donors (Lipinski definition) is 1. The minimum atomic E-state index is 0.228. The number of carbonyl (C=O) groups is 1. The minimum absolute atomic E-state index is 0.228. The number of carbonyl (C=O) groups excluding carboxylic acids is 1. The summed E-state index contributed by atoms with van der Waals surface area (Å²) in [4.78, 5) is 14.8. The van der Waals surface area contributed by atoms with Gasteiger partial charge in [0, 0.05) is 30.1 Å². The molecule has 1 fully saturated rings. The van der Waals surface area contributed by atoms with Crippen LogP contribution in [-0.4, -0.2) is 37.0 Å². The number of aryl methyl sites for hydroxylation is 2. The van der Waals surface area contributed by atoms with Gasteiger partial charge in [-0.15, -0.1) is 0 Å². The Bertz CT molecular complexity index is 734. The molecule has 1 aliphatic heterocycles. The average molecular weight is 312 g/mol. The number of nitrogens with zero attached hydrogens (tertiary/aromatic N) is 1. The Morgan fingerprint density at radius 3 is 2.96 bits per heavy atom. The van der Waals surface area contributed by atoms with Gasteiger partial charge in [-0.1, -0.05) is 0 Å². The maximum atomic E-state index is 12.7. The molecular weight excluding hydrogens is 288 g/mol. The molecule has 2 aromatic rings. The van der Waals surface area contributed by atoms with Gasteiger partial charge in [0.2, 0.25) is 5.91 Å². The minimum Gasteiger partial charge on any atom is -0.464 e. The highest BCUT2D eigenvalue weighted by Gasteiger charge is 2.28. The Hall–Kier alpha value is -1.81. The summed E-state index contributed by atoms with van der Waals surface area (Å²) >= 11 is 0. The first kappa shape index (κ1) is 14.8. The molecule has 4 rings (SSSR count). The smallest absolute Gasteiger partial charge is 0.227 e. The Kier molecular flexibility index (Phi) is 3.85. The number of furan rings is 1. The number of hydrogen-bond acceptors (Lipinski definition) is 3. The molecule has 1 amide bonds. The lowest BCUT2D eigenvalue weighted by molar-refractivity contribution is -0.131. The molecule has 4 heteroatoms. The molecule has 1 aromatic carbocycles. The van der Waals surface area contributed by atoms with Crippen LogP contribution in [0, 0.1) is 0 Å². The topological polar surface area (TPSA) is 45.5 Å². The molecule has 1 N–H and O–H groups in total. The molecule has 0 radical (unpaired) electrons. The summed E-state index contributed by atoms with van der Waals surface area (Å²) in [5.74, 6) is 0.228. The molecule has 2 aliphatic rings. The van der Waals surface area contributed by atoms with Crippen LogP contribution in [0.1, 0.15) is 36.0 Å². The Balaban J connectivity index is 1.56. The first-order valence-corrected chi connectivity index (χ1v) is 8.72. The SMILES string of the molecule is CNCC1CCCN1C(=O)Cc1coc2cc3c(cc12)CCC3. The van der Waals surface area contributed by atoms with Crippen molar-refractivity contribution < 1.29 is 9.21 Å². The van der Waals surface area contributed by atoms with Crippen molar-refractivity contribution >= 4 is 16.9 Å². The Morgan fingerprint density at radius 2 is 2.13 bits per heavy atom.